The Bertz CT molecular complexity index is 802. The summed E-state index contributed by atoms with van der Waals surface area (Å²) >= 11 is 0. The number of imidazole rings is 1. The van der Waals surface area contributed by atoms with E-state index in [4.69, 9.17) is 5.11 Å². The first-order chi connectivity index (χ1) is 9.43. The van der Waals surface area contributed by atoms with Crippen molar-refractivity contribution in [1.29, 1.82) is 0 Å². The second kappa shape index (κ2) is 3.96. The number of benzene rings is 1. The highest BCUT2D eigenvalue weighted by Crippen LogP contribution is 2.30. The Morgan fingerprint density at radius 3 is 2.70 bits per heavy atom. The largest absolute Gasteiger partial charge is 0.480 e. The number of anilines is 1. The molecular weight excluding hydrogens is 262 g/mol. The molecule has 1 amide bonds. The van der Waals surface area contributed by atoms with Gasteiger partial charge in [0.25, 0.3) is 0 Å². The Kier molecular flexibility index (Phi) is 2.47. The maximum Gasteiger partial charge on any atom is 0.330 e. The van der Waals surface area contributed by atoms with Crippen LogP contribution in [-0.2, 0) is 16.1 Å². The minimum absolute atomic E-state index is 0.0673. The number of likely N-dealkylation sites (N-methyl/N-ethyl adjacent to an activating group) is 1. The van der Waals surface area contributed by atoms with E-state index < -0.39 is 17.7 Å². The van der Waals surface area contributed by atoms with Crippen molar-refractivity contribution in [2.24, 2.45) is 0 Å². The summed E-state index contributed by atoms with van der Waals surface area (Å²) in [5.74, 6) is -1.29. The van der Waals surface area contributed by atoms with Crippen molar-refractivity contribution in [3.8, 4) is 0 Å². The molecule has 1 aliphatic rings. The van der Waals surface area contributed by atoms with E-state index in [9.17, 15) is 14.4 Å². The van der Waals surface area contributed by atoms with Crippen molar-refractivity contribution in [3.63, 3.8) is 0 Å². The zero-order valence-corrected chi connectivity index (χ0v) is 11.0. The van der Waals surface area contributed by atoms with E-state index in [0.717, 1.165) is 0 Å². The van der Waals surface area contributed by atoms with E-state index in [2.05, 4.69) is 0 Å². The van der Waals surface area contributed by atoms with Crippen LogP contribution < -0.4 is 10.6 Å². The molecule has 0 radical (unpaired) electrons. The van der Waals surface area contributed by atoms with Crippen LogP contribution in [0.3, 0.4) is 0 Å². The molecular formula is C13H13N3O4. The Hall–Kier alpha value is -2.57. The molecule has 0 saturated carbocycles. The zero-order valence-electron chi connectivity index (χ0n) is 11.0. The number of para-hydroxylation sites is 1. The number of carbonyl (C=O) groups is 2. The molecule has 2 aromatic rings. The highest BCUT2D eigenvalue weighted by atomic mass is 16.4. The Morgan fingerprint density at radius 1 is 1.35 bits per heavy atom. The number of hydrogen-bond acceptors (Lipinski definition) is 3. The minimum Gasteiger partial charge on any atom is -0.480 e. The van der Waals surface area contributed by atoms with E-state index in [-0.39, 0.29) is 12.5 Å². The third-order valence-electron chi connectivity index (χ3n) is 3.73. The normalized spacial score (nSPS) is 15.7. The summed E-state index contributed by atoms with van der Waals surface area (Å²) in [6, 6.07) is 4.16. The fourth-order valence-corrected chi connectivity index (χ4v) is 2.60. The van der Waals surface area contributed by atoms with Gasteiger partial charge in [-0.3, -0.25) is 13.9 Å². The lowest BCUT2D eigenvalue weighted by Gasteiger charge is -2.23. The molecule has 7 heteroatoms. The van der Waals surface area contributed by atoms with Crippen molar-refractivity contribution in [2.75, 3.05) is 11.9 Å². The van der Waals surface area contributed by atoms with E-state index in [1.807, 2.05) is 0 Å². The first kappa shape index (κ1) is 12.5. The van der Waals surface area contributed by atoms with Gasteiger partial charge in [0.05, 0.1) is 16.7 Å². The van der Waals surface area contributed by atoms with Crippen LogP contribution in [0.2, 0.25) is 0 Å². The molecule has 0 fully saturated rings. The highest BCUT2D eigenvalue weighted by Gasteiger charge is 2.29. The predicted octanol–water partition coefficient (Wildman–Crippen LogP) is 0.425. The molecule has 1 unspecified atom stereocenters. The quantitative estimate of drug-likeness (QED) is 0.861. The third-order valence-corrected chi connectivity index (χ3v) is 3.73. The summed E-state index contributed by atoms with van der Waals surface area (Å²) in [5.41, 5.74) is 1.28. The second-order valence-electron chi connectivity index (χ2n) is 4.85. The van der Waals surface area contributed by atoms with Gasteiger partial charge in [0.15, 0.2) is 0 Å². The fourth-order valence-electron chi connectivity index (χ4n) is 2.60. The van der Waals surface area contributed by atoms with Crippen molar-refractivity contribution >= 4 is 28.6 Å². The fraction of sp³-hybridized carbons (Fsp3) is 0.308. The van der Waals surface area contributed by atoms with Gasteiger partial charge in [-0.2, -0.15) is 0 Å². The van der Waals surface area contributed by atoms with Crippen LogP contribution >= 0.6 is 0 Å². The van der Waals surface area contributed by atoms with Crippen molar-refractivity contribution in [3.05, 3.63) is 28.7 Å². The standard InChI is InChI=1S/C13H13N3O4/c1-7(12(18)19)16-9-5-3-4-8-11(9)15(13(16)20)6-10(17)14(8)2/h3-5,7H,6H2,1-2H3,(H,18,19). The molecule has 2 heterocycles. The molecule has 20 heavy (non-hydrogen) atoms. The molecule has 3 rings (SSSR count). The summed E-state index contributed by atoms with van der Waals surface area (Å²) in [6.45, 7) is 1.38. The van der Waals surface area contributed by atoms with E-state index in [1.165, 1.54) is 21.0 Å². The summed E-state index contributed by atoms with van der Waals surface area (Å²) in [4.78, 5) is 37.0. The lowest BCUT2D eigenvalue weighted by molar-refractivity contribution is -0.140. The summed E-state index contributed by atoms with van der Waals surface area (Å²) in [5, 5.41) is 9.14. The molecule has 0 saturated heterocycles. The summed E-state index contributed by atoms with van der Waals surface area (Å²) in [7, 11) is 1.64. The Balaban J connectivity index is 2.43. The van der Waals surface area contributed by atoms with Gasteiger partial charge in [0, 0.05) is 7.05 Å². The maximum atomic E-state index is 12.4. The van der Waals surface area contributed by atoms with E-state index >= 15 is 0 Å². The van der Waals surface area contributed by atoms with Crippen molar-refractivity contribution < 1.29 is 14.7 Å². The third kappa shape index (κ3) is 1.43. The minimum atomic E-state index is -1.09. The van der Waals surface area contributed by atoms with Crippen LogP contribution in [-0.4, -0.2) is 33.2 Å². The van der Waals surface area contributed by atoms with Crippen LogP contribution in [0.5, 0.6) is 0 Å². The number of carbonyl (C=O) groups excluding carboxylic acids is 1. The molecule has 0 spiro atoms. The molecule has 1 aliphatic heterocycles. The van der Waals surface area contributed by atoms with Crippen molar-refractivity contribution in [2.45, 2.75) is 19.5 Å². The van der Waals surface area contributed by atoms with Gasteiger partial charge in [-0.1, -0.05) is 6.07 Å². The average Bonchev–Trinajstić information content (AvgIpc) is 2.69. The Labute approximate surface area is 113 Å². The second-order valence-corrected chi connectivity index (χ2v) is 4.85. The van der Waals surface area contributed by atoms with Gasteiger partial charge in [-0.25, -0.2) is 9.59 Å². The number of amides is 1. The highest BCUT2D eigenvalue weighted by molar-refractivity contribution is 6.04. The maximum absolute atomic E-state index is 12.4. The van der Waals surface area contributed by atoms with Crippen LogP contribution in [0.1, 0.15) is 13.0 Å². The SMILES string of the molecule is CC(C(=O)O)n1c(=O)n2c3c(cccc31)N(C)C(=O)C2. The van der Waals surface area contributed by atoms with Gasteiger partial charge < -0.3 is 10.0 Å². The molecule has 0 bridgehead atoms. The van der Waals surface area contributed by atoms with Gasteiger partial charge >= 0.3 is 11.7 Å². The number of aliphatic carboxylic acids is 1. The Morgan fingerprint density at radius 2 is 2.05 bits per heavy atom. The average molecular weight is 275 g/mol. The lowest BCUT2D eigenvalue weighted by Crippen LogP contribution is -2.38. The predicted molar refractivity (Wildman–Crippen MR) is 72.0 cm³/mol. The molecule has 1 aromatic heterocycles. The first-order valence-corrected chi connectivity index (χ1v) is 6.16. The molecule has 1 atom stereocenters. The van der Waals surface area contributed by atoms with Gasteiger partial charge in [0.1, 0.15) is 12.6 Å². The smallest absolute Gasteiger partial charge is 0.330 e. The van der Waals surface area contributed by atoms with Crippen LogP contribution in [0.4, 0.5) is 5.69 Å². The van der Waals surface area contributed by atoms with Gasteiger partial charge in [-0.15, -0.1) is 0 Å². The molecule has 7 nitrogen and oxygen atoms in total. The molecule has 104 valence electrons. The monoisotopic (exact) mass is 275 g/mol. The van der Waals surface area contributed by atoms with Crippen molar-refractivity contribution in [1.82, 2.24) is 9.13 Å². The molecule has 1 N–H and O–H groups in total. The van der Waals surface area contributed by atoms with Gasteiger partial charge in [-0.05, 0) is 19.1 Å². The summed E-state index contributed by atoms with van der Waals surface area (Å²) < 4.78 is 2.56. The molecule has 1 aromatic carbocycles. The number of hydrogen-bond donors (Lipinski definition) is 1. The number of carboxylic acids is 1. The topological polar surface area (TPSA) is 84.5 Å². The van der Waals surface area contributed by atoms with E-state index in [1.54, 1.807) is 25.2 Å². The number of rotatable bonds is 2. The van der Waals surface area contributed by atoms with Crippen LogP contribution in [0.25, 0.3) is 11.0 Å². The lowest BCUT2D eigenvalue weighted by atomic mass is 10.2. The van der Waals surface area contributed by atoms with Crippen LogP contribution in [0.15, 0.2) is 23.0 Å². The zero-order chi connectivity index (χ0) is 14.6. The van der Waals surface area contributed by atoms with Gasteiger partial charge in [0.2, 0.25) is 5.91 Å². The number of nitrogens with zero attached hydrogens (tertiary/aromatic N) is 3. The summed E-state index contributed by atoms with van der Waals surface area (Å²) in [6.07, 6.45) is 0. The van der Waals surface area contributed by atoms with E-state index in [0.29, 0.717) is 16.7 Å². The number of carboxylic acid groups (broad SMARTS) is 1. The van der Waals surface area contributed by atoms with Crippen LogP contribution in [0, 0.1) is 0 Å². The number of aromatic nitrogens is 2. The molecule has 0 aliphatic carbocycles. The first-order valence-electron chi connectivity index (χ1n) is 6.16.